The van der Waals surface area contributed by atoms with Gasteiger partial charge in [-0.1, -0.05) is 6.92 Å². The number of rotatable bonds is 5. The molecule has 1 aromatic heterocycles. The lowest BCUT2D eigenvalue weighted by molar-refractivity contribution is -0.146. The van der Waals surface area contributed by atoms with Gasteiger partial charge in [0, 0.05) is 45.6 Å². The smallest absolute Gasteiger partial charge is 0.308 e. The molecule has 1 aliphatic heterocycles. The molecule has 1 unspecified atom stereocenters. The Morgan fingerprint density at radius 1 is 1.48 bits per heavy atom. The number of aliphatic imine (C=N–C) groups is 1. The Balaban J connectivity index is 1.76. The highest BCUT2D eigenvalue weighted by Crippen LogP contribution is 2.18. The molecule has 0 bridgehead atoms. The van der Waals surface area contributed by atoms with Gasteiger partial charge in [0.25, 0.3) is 0 Å². The van der Waals surface area contributed by atoms with Crippen molar-refractivity contribution in [3.05, 3.63) is 18.5 Å². The summed E-state index contributed by atoms with van der Waals surface area (Å²) in [5, 5.41) is 7.66. The second kappa shape index (κ2) is 8.55. The molecule has 0 aromatic carbocycles. The molecule has 0 aliphatic carbocycles. The van der Waals surface area contributed by atoms with Gasteiger partial charge in [-0.3, -0.25) is 14.5 Å². The van der Waals surface area contributed by atoms with E-state index in [0.29, 0.717) is 5.92 Å². The molecule has 0 spiro atoms. The van der Waals surface area contributed by atoms with Crippen molar-refractivity contribution in [1.29, 1.82) is 0 Å². The van der Waals surface area contributed by atoms with Crippen molar-refractivity contribution in [1.82, 2.24) is 20.0 Å². The summed E-state index contributed by atoms with van der Waals surface area (Å²) in [5.41, 5.74) is 0. The summed E-state index contributed by atoms with van der Waals surface area (Å²) in [6.45, 7) is 5.55. The van der Waals surface area contributed by atoms with E-state index < -0.39 is 0 Å². The van der Waals surface area contributed by atoms with Gasteiger partial charge in [0.05, 0.1) is 13.0 Å². The van der Waals surface area contributed by atoms with E-state index in [0.717, 1.165) is 45.0 Å². The van der Waals surface area contributed by atoms with Crippen molar-refractivity contribution >= 4 is 11.9 Å². The molecular weight excluding hydrogens is 294 g/mol. The Labute approximate surface area is 137 Å². The number of hydrogen-bond donors (Lipinski definition) is 1. The molecule has 128 valence electrons. The Kier molecular flexibility index (Phi) is 6.43. The average Bonchev–Trinajstić information content (AvgIpc) is 3.08. The molecule has 1 saturated heterocycles. The minimum Gasteiger partial charge on any atom is -0.469 e. The van der Waals surface area contributed by atoms with Crippen LogP contribution in [0.2, 0.25) is 0 Å². The van der Waals surface area contributed by atoms with Gasteiger partial charge in [-0.05, 0) is 24.8 Å². The number of likely N-dealkylation sites (tertiary alicyclic amines) is 1. The third kappa shape index (κ3) is 4.97. The summed E-state index contributed by atoms with van der Waals surface area (Å²) >= 11 is 0. The van der Waals surface area contributed by atoms with Crippen LogP contribution in [0.4, 0.5) is 0 Å². The monoisotopic (exact) mass is 321 g/mol. The molecule has 2 heterocycles. The quantitative estimate of drug-likeness (QED) is 0.497. The van der Waals surface area contributed by atoms with Crippen LogP contribution in [0.3, 0.4) is 0 Å². The van der Waals surface area contributed by atoms with E-state index in [9.17, 15) is 4.79 Å². The standard InChI is InChI=1S/C16H27N5O2/c1-13(12-21-8-4-7-19-21)11-18-16(17-2)20-9-5-14(6-10-20)15(22)23-3/h4,7-8,13-14H,5-6,9-12H2,1-3H3,(H,17,18). The van der Waals surface area contributed by atoms with Crippen LogP contribution in [0, 0.1) is 11.8 Å². The highest BCUT2D eigenvalue weighted by molar-refractivity contribution is 5.80. The first-order chi connectivity index (χ1) is 11.1. The fourth-order valence-corrected chi connectivity index (χ4v) is 2.88. The van der Waals surface area contributed by atoms with Crippen molar-refractivity contribution in [2.24, 2.45) is 16.8 Å². The number of aromatic nitrogens is 2. The van der Waals surface area contributed by atoms with Gasteiger partial charge in [0.1, 0.15) is 0 Å². The average molecular weight is 321 g/mol. The van der Waals surface area contributed by atoms with Crippen LogP contribution >= 0.6 is 0 Å². The van der Waals surface area contributed by atoms with Crippen LogP contribution in [-0.4, -0.2) is 60.4 Å². The molecule has 0 amide bonds. The lowest BCUT2D eigenvalue weighted by atomic mass is 9.97. The maximum atomic E-state index is 11.6. The number of esters is 1. The van der Waals surface area contributed by atoms with Gasteiger partial charge in [0.2, 0.25) is 0 Å². The highest BCUT2D eigenvalue weighted by Gasteiger charge is 2.27. The molecule has 0 radical (unpaired) electrons. The van der Waals surface area contributed by atoms with Gasteiger partial charge >= 0.3 is 5.97 Å². The van der Waals surface area contributed by atoms with Crippen LogP contribution in [0.5, 0.6) is 0 Å². The van der Waals surface area contributed by atoms with Crippen LogP contribution in [0.25, 0.3) is 0 Å². The first-order valence-electron chi connectivity index (χ1n) is 8.15. The van der Waals surface area contributed by atoms with E-state index in [-0.39, 0.29) is 11.9 Å². The lowest BCUT2D eigenvalue weighted by Gasteiger charge is -2.33. The number of piperidine rings is 1. The second-order valence-corrected chi connectivity index (χ2v) is 6.05. The predicted molar refractivity (Wildman–Crippen MR) is 89.1 cm³/mol. The summed E-state index contributed by atoms with van der Waals surface area (Å²) in [6.07, 6.45) is 5.40. The van der Waals surface area contributed by atoms with Crippen molar-refractivity contribution < 1.29 is 9.53 Å². The Morgan fingerprint density at radius 3 is 2.78 bits per heavy atom. The third-order valence-corrected chi connectivity index (χ3v) is 4.21. The van der Waals surface area contributed by atoms with Crippen molar-refractivity contribution in [3.63, 3.8) is 0 Å². The number of methoxy groups -OCH3 is 1. The van der Waals surface area contributed by atoms with Gasteiger partial charge < -0.3 is 15.0 Å². The second-order valence-electron chi connectivity index (χ2n) is 6.05. The molecule has 1 aromatic rings. The number of hydrogen-bond acceptors (Lipinski definition) is 4. The summed E-state index contributed by atoms with van der Waals surface area (Å²) < 4.78 is 6.77. The summed E-state index contributed by atoms with van der Waals surface area (Å²) in [5.74, 6) is 1.27. The Morgan fingerprint density at radius 2 is 2.22 bits per heavy atom. The summed E-state index contributed by atoms with van der Waals surface area (Å²) in [7, 11) is 3.25. The van der Waals surface area contributed by atoms with E-state index in [1.807, 2.05) is 16.9 Å². The van der Waals surface area contributed by atoms with Gasteiger partial charge in [-0.15, -0.1) is 0 Å². The van der Waals surface area contributed by atoms with Gasteiger partial charge in [0.15, 0.2) is 5.96 Å². The molecule has 7 heteroatoms. The van der Waals surface area contributed by atoms with Crippen LogP contribution in [-0.2, 0) is 16.1 Å². The number of carbonyl (C=O) groups excluding carboxylic acids is 1. The van der Waals surface area contributed by atoms with Crippen LogP contribution in [0.15, 0.2) is 23.5 Å². The molecule has 1 atom stereocenters. The molecule has 1 aliphatic rings. The van der Waals surface area contributed by atoms with Crippen LogP contribution < -0.4 is 5.32 Å². The third-order valence-electron chi connectivity index (χ3n) is 4.21. The minimum atomic E-state index is -0.0968. The van der Waals surface area contributed by atoms with E-state index >= 15 is 0 Å². The van der Waals surface area contributed by atoms with Gasteiger partial charge in [-0.2, -0.15) is 5.10 Å². The number of nitrogens with one attached hydrogen (secondary N) is 1. The van der Waals surface area contributed by atoms with Crippen LogP contribution in [0.1, 0.15) is 19.8 Å². The maximum absolute atomic E-state index is 11.6. The van der Waals surface area contributed by atoms with Crippen molar-refractivity contribution in [2.45, 2.75) is 26.3 Å². The van der Waals surface area contributed by atoms with Gasteiger partial charge in [-0.25, -0.2) is 0 Å². The Bertz CT molecular complexity index is 507. The lowest BCUT2D eigenvalue weighted by Crippen LogP contribution is -2.47. The zero-order valence-corrected chi connectivity index (χ0v) is 14.2. The molecule has 23 heavy (non-hydrogen) atoms. The Hall–Kier alpha value is -2.05. The first kappa shape index (κ1) is 17.3. The number of ether oxygens (including phenoxy) is 1. The highest BCUT2D eigenvalue weighted by atomic mass is 16.5. The largest absolute Gasteiger partial charge is 0.469 e. The molecule has 7 nitrogen and oxygen atoms in total. The number of carbonyl (C=O) groups is 1. The summed E-state index contributed by atoms with van der Waals surface area (Å²) in [6, 6.07) is 1.94. The molecule has 1 fully saturated rings. The topological polar surface area (TPSA) is 71.8 Å². The predicted octanol–water partition coefficient (Wildman–Crippen LogP) is 0.980. The van der Waals surface area contributed by atoms with Crippen molar-refractivity contribution in [3.8, 4) is 0 Å². The van der Waals surface area contributed by atoms with E-state index in [1.165, 1.54) is 7.11 Å². The van der Waals surface area contributed by atoms with Crippen molar-refractivity contribution in [2.75, 3.05) is 33.8 Å². The number of nitrogens with zero attached hydrogens (tertiary/aromatic N) is 4. The van der Waals surface area contributed by atoms with E-state index in [1.54, 1.807) is 13.2 Å². The molecule has 0 saturated carbocycles. The number of guanidine groups is 1. The zero-order valence-electron chi connectivity index (χ0n) is 14.2. The molecule has 2 rings (SSSR count). The fraction of sp³-hybridized carbons (Fsp3) is 0.688. The fourth-order valence-electron chi connectivity index (χ4n) is 2.88. The maximum Gasteiger partial charge on any atom is 0.308 e. The van der Waals surface area contributed by atoms with E-state index in [2.05, 4.69) is 27.2 Å². The minimum absolute atomic E-state index is 0.0214. The first-order valence-corrected chi connectivity index (χ1v) is 8.15. The molecular formula is C16H27N5O2. The summed E-state index contributed by atoms with van der Waals surface area (Å²) in [4.78, 5) is 18.2. The SMILES string of the molecule is CN=C(NCC(C)Cn1cccn1)N1CCC(C(=O)OC)CC1. The molecule has 1 N–H and O–H groups in total. The normalized spacial score (nSPS) is 17.9. The zero-order chi connectivity index (χ0) is 16.7. The van der Waals surface area contributed by atoms with E-state index in [4.69, 9.17) is 4.74 Å².